The van der Waals surface area contributed by atoms with Gasteiger partial charge in [0.05, 0.1) is 5.92 Å². The van der Waals surface area contributed by atoms with Crippen molar-refractivity contribution in [2.75, 3.05) is 0 Å². The first kappa shape index (κ1) is 17.5. The van der Waals surface area contributed by atoms with Gasteiger partial charge in [0.15, 0.2) is 11.4 Å². The Hall–Kier alpha value is -1.27. The number of alkyl halides is 3. The van der Waals surface area contributed by atoms with Crippen molar-refractivity contribution < 1.29 is 27.5 Å². The summed E-state index contributed by atoms with van der Waals surface area (Å²) < 4.78 is 43.7. The minimum atomic E-state index is -4.30. The van der Waals surface area contributed by atoms with Gasteiger partial charge in [-0.2, -0.15) is 13.2 Å². The average Bonchev–Trinajstić information content (AvgIpc) is 2.70. The van der Waals surface area contributed by atoms with Crippen LogP contribution in [0.2, 0.25) is 10.0 Å². The Morgan fingerprint density at radius 2 is 1.75 bits per heavy atom. The van der Waals surface area contributed by atoms with Gasteiger partial charge in [0.1, 0.15) is 5.92 Å². The van der Waals surface area contributed by atoms with Crippen molar-refractivity contribution in [1.82, 2.24) is 0 Å². The molecule has 1 aromatic carbocycles. The maximum atomic E-state index is 12.8. The number of carbonyl (C=O) groups is 2. The van der Waals surface area contributed by atoms with Crippen LogP contribution < -0.4 is 0 Å². The van der Waals surface area contributed by atoms with E-state index in [1.165, 1.54) is 18.2 Å². The molecule has 0 bridgehead atoms. The molecule has 1 saturated carbocycles. The Morgan fingerprint density at radius 1 is 1.12 bits per heavy atom. The van der Waals surface area contributed by atoms with E-state index in [9.17, 15) is 22.8 Å². The smallest absolute Gasteiger partial charge is 0.391 e. The zero-order valence-corrected chi connectivity index (χ0v) is 13.8. The normalized spacial score (nSPS) is 30.7. The first-order valence-corrected chi connectivity index (χ1v) is 8.18. The highest BCUT2D eigenvalue weighted by Gasteiger charge is 2.59. The summed E-state index contributed by atoms with van der Waals surface area (Å²) in [5.41, 5.74) is -1.20. The second-order valence-corrected chi connectivity index (χ2v) is 7.04. The SMILES string of the molecule is O=C1OC2(CCC(C(F)(F)F)CC2)C(=O)C1c1ccc(Cl)cc1Cl. The second-order valence-electron chi connectivity index (χ2n) is 6.19. The van der Waals surface area contributed by atoms with Gasteiger partial charge in [0.2, 0.25) is 0 Å². The van der Waals surface area contributed by atoms with Crippen LogP contribution >= 0.6 is 23.2 Å². The summed E-state index contributed by atoms with van der Waals surface area (Å²) in [6.07, 6.45) is -5.01. The van der Waals surface area contributed by atoms with Crippen molar-refractivity contribution in [3.63, 3.8) is 0 Å². The molecule has 1 atom stereocenters. The van der Waals surface area contributed by atoms with E-state index in [1.807, 2.05) is 0 Å². The van der Waals surface area contributed by atoms with Crippen molar-refractivity contribution in [2.24, 2.45) is 5.92 Å². The largest absolute Gasteiger partial charge is 0.450 e. The second kappa shape index (κ2) is 5.92. The van der Waals surface area contributed by atoms with Gasteiger partial charge in [-0.1, -0.05) is 29.3 Å². The molecule has 0 amide bonds. The molecule has 2 aliphatic rings. The highest BCUT2D eigenvalue weighted by atomic mass is 35.5. The average molecular weight is 381 g/mol. The number of benzene rings is 1. The lowest BCUT2D eigenvalue weighted by Gasteiger charge is -2.35. The van der Waals surface area contributed by atoms with Crippen molar-refractivity contribution >= 4 is 35.0 Å². The number of halogens is 5. The molecular formula is C16H13Cl2F3O3. The van der Waals surface area contributed by atoms with E-state index < -0.39 is 35.4 Å². The molecule has 0 N–H and O–H groups in total. The van der Waals surface area contributed by atoms with E-state index in [1.54, 1.807) is 0 Å². The summed E-state index contributed by atoms with van der Waals surface area (Å²) in [6, 6.07) is 4.37. The van der Waals surface area contributed by atoms with Crippen LogP contribution in [0, 0.1) is 5.92 Å². The number of hydrogen-bond donors (Lipinski definition) is 0. The maximum Gasteiger partial charge on any atom is 0.391 e. The van der Waals surface area contributed by atoms with Gasteiger partial charge in [0.25, 0.3) is 0 Å². The van der Waals surface area contributed by atoms with Gasteiger partial charge >= 0.3 is 12.1 Å². The number of ketones is 1. The Bertz CT molecular complexity index is 694. The first-order valence-electron chi connectivity index (χ1n) is 7.43. The predicted molar refractivity (Wildman–Crippen MR) is 81.0 cm³/mol. The number of rotatable bonds is 1. The van der Waals surface area contributed by atoms with Crippen LogP contribution in [-0.4, -0.2) is 23.5 Å². The van der Waals surface area contributed by atoms with Gasteiger partial charge in [-0.25, -0.2) is 0 Å². The van der Waals surface area contributed by atoms with Crippen LogP contribution in [0.3, 0.4) is 0 Å². The van der Waals surface area contributed by atoms with Crippen molar-refractivity contribution in [2.45, 2.75) is 43.4 Å². The van der Waals surface area contributed by atoms with Crippen LogP contribution in [0.1, 0.15) is 37.2 Å². The molecule has 3 rings (SSSR count). The molecule has 1 saturated heterocycles. The third-order valence-electron chi connectivity index (χ3n) is 4.77. The van der Waals surface area contributed by atoms with Gasteiger partial charge in [0, 0.05) is 10.0 Å². The zero-order valence-electron chi connectivity index (χ0n) is 12.3. The summed E-state index contributed by atoms with van der Waals surface area (Å²) in [5.74, 6) is -3.96. The molecule has 1 aromatic rings. The molecule has 130 valence electrons. The highest BCUT2D eigenvalue weighted by molar-refractivity contribution is 6.35. The number of hydrogen-bond acceptors (Lipinski definition) is 3. The molecule has 24 heavy (non-hydrogen) atoms. The third kappa shape index (κ3) is 2.90. The summed E-state index contributed by atoms with van der Waals surface area (Å²) in [7, 11) is 0. The molecule has 1 spiro atoms. The van der Waals surface area contributed by atoms with Crippen molar-refractivity contribution in [3.05, 3.63) is 33.8 Å². The van der Waals surface area contributed by atoms with E-state index in [-0.39, 0.29) is 36.3 Å². The number of Topliss-reactive ketones (excluding diaryl/α,β-unsaturated/α-hetero) is 1. The first-order chi connectivity index (χ1) is 11.1. The number of ether oxygens (including phenoxy) is 1. The Labute approximate surface area is 146 Å². The summed E-state index contributed by atoms with van der Waals surface area (Å²) in [5, 5.41) is 0.502. The van der Waals surface area contributed by atoms with Gasteiger partial charge in [-0.3, -0.25) is 9.59 Å². The van der Waals surface area contributed by atoms with Gasteiger partial charge in [-0.05, 0) is 43.4 Å². The van der Waals surface area contributed by atoms with E-state index in [4.69, 9.17) is 27.9 Å². The van der Waals surface area contributed by atoms with E-state index in [2.05, 4.69) is 0 Å². The molecule has 0 aromatic heterocycles. The van der Waals surface area contributed by atoms with E-state index in [0.29, 0.717) is 5.02 Å². The fourth-order valence-electron chi connectivity index (χ4n) is 3.44. The minimum absolute atomic E-state index is 0.122. The Morgan fingerprint density at radius 3 is 2.29 bits per heavy atom. The molecule has 0 radical (unpaired) electrons. The van der Waals surface area contributed by atoms with E-state index in [0.717, 1.165) is 0 Å². The van der Waals surface area contributed by atoms with Crippen LogP contribution in [0.25, 0.3) is 0 Å². The molecule has 1 aliphatic heterocycles. The topological polar surface area (TPSA) is 43.4 Å². The summed E-state index contributed by atoms with van der Waals surface area (Å²) in [6.45, 7) is 0. The fraction of sp³-hybridized carbons (Fsp3) is 0.500. The van der Waals surface area contributed by atoms with Crippen LogP contribution in [-0.2, 0) is 14.3 Å². The number of esters is 1. The monoisotopic (exact) mass is 380 g/mol. The van der Waals surface area contributed by atoms with Gasteiger partial charge in [-0.15, -0.1) is 0 Å². The van der Waals surface area contributed by atoms with Crippen molar-refractivity contribution in [3.8, 4) is 0 Å². The lowest BCUT2D eigenvalue weighted by atomic mass is 9.74. The standard InChI is InChI=1S/C16H13Cl2F3O3/c17-9-1-2-10(11(18)7-9)12-13(22)15(24-14(12)23)5-3-8(4-6-15)16(19,20)21/h1-2,7-8,12H,3-6H2. The molecule has 1 aliphatic carbocycles. The van der Waals surface area contributed by atoms with Crippen molar-refractivity contribution in [1.29, 1.82) is 0 Å². The minimum Gasteiger partial charge on any atom is -0.450 e. The molecule has 8 heteroatoms. The molecule has 2 fully saturated rings. The molecular weight excluding hydrogens is 368 g/mol. The van der Waals surface area contributed by atoms with Gasteiger partial charge < -0.3 is 4.74 Å². The molecule has 3 nitrogen and oxygen atoms in total. The zero-order chi connectivity index (χ0) is 17.7. The molecule has 1 heterocycles. The number of carbonyl (C=O) groups excluding carboxylic acids is 2. The highest BCUT2D eigenvalue weighted by Crippen LogP contribution is 2.48. The Balaban J connectivity index is 1.85. The predicted octanol–water partition coefficient (Wildman–Crippen LogP) is 4.69. The van der Waals surface area contributed by atoms with Crippen LogP contribution in [0.15, 0.2) is 18.2 Å². The summed E-state index contributed by atoms with van der Waals surface area (Å²) >= 11 is 11.9. The third-order valence-corrected chi connectivity index (χ3v) is 5.34. The van der Waals surface area contributed by atoms with E-state index >= 15 is 0 Å². The summed E-state index contributed by atoms with van der Waals surface area (Å²) in [4.78, 5) is 25.0. The lowest BCUT2D eigenvalue weighted by Crippen LogP contribution is -2.43. The lowest BCUT2D eigenvalue weighted by molar-refractivity contribution is -0.194. The quantitative estimate of drug-likeness (QED) is 0.524. The molecule has 1 unspecified atom stereocenters. The van der Waals surface area contributed by atoms with Crippen LogP contribution in [0.5, 0.6) is 0 Å². The fourth-order valence-corrected chi connectivity index (χ4v) is 3.95. The van der Waals surface area contributed by atoms with Crippen LogP contribution in [0.4, 0.5) is 13.2 Å². The maximum absolute atomic E-state index is 12.8. The Kier molecular flexibility index (Phi) is 4.33.